The molecule has 0 aromatic carbocycles. The van der Waals surface area contributed by atoms with Gasteiger partial charge in [-0.2, -0.15) is 5.10 Å². The van der Waals surface area contributed by atoms with Crippen molar-refractivity contribution in [3.63, 3.8) is 0 Å². The molecule has 3 rings (SSSR count). The minimum Gasteiger partial charge on any atom is -0.378 e. The summed E-state index contributed by atoms with van der Waals surface area (Å²) in [5, 5.41) is 7.15. The van der Waals surface area contributed by atoms with Gasteiger partial charge in [0.25, 0.3) is 0 Å². The van der Waals surface area contributed by atoms with Gasteiger partial charge in [0.2, 0.25) is 5.91 Å². The highest BCUT2D eigenvalue weighted by atomic mass is 16.5. The maximum absolute atomic E-state index is 12.4. The van der Waals surface area contributed by atoms with E-state index in [0.29, 0.717) is 31.9 Å². The molecule has 122 valence electrons. The molecule has 7 nitrogen and oxygen atoms in total. The molecule has 2 saturated heterocycles. The summed E-state index contributed by atoms with van der Waals surface area (Å²) in [5.74, 6) is 1.90. The van der Waals surface area contributed by atoms with Crippen LogP contribution in [0.2, 0.25) is 0 Å². The number of carbonyl (C=O) groups is 1. The Morgan fingerprint density at radius 2 is 2.27 bits per heavy atom. The fourth-order valence-corrected chi connectivity index (χ4v) is 2.86. The predicted molar refractivity (Wildman–Crippen MR) is 79.3 cm³/mol. The van der Waals surface area contributed by atoms with E-state index in [4.69, 9.17) is 9.47 Å². The fraction of sp³-hybridized carbons (Fsp3) is 0.800. The van der Waals surface area contributed by atoms with Crippen LogP contribution >= 0.6 is 0 Å². The van der Waals surface area contributed by atoms with Gasteiger partial charge in [-0.3, -0.25) is 9.89 Å². The monoisotopic (exact) mass is 308 g/mol. The summed E-state index contributed by atoms with van der Waals surface area (Å²) in [4.78, 5) is 18.7. The van der Waals surface area contributed by atoms with E-state index in [1.165, 1.54) is 0 Å². The summed E-state index contributed by atoms with van der Waals surface area (Å²) < 4.78 is 11.3. The minimum atomic E-state index is -0.220. The average Bonchev–Trinajstić information content (AvgIpc) is 3.18. The molecule has 2 atom stereocenters. The van der Waals surface area contributed by atoms with Gasteiger partial charge >= 0.3 is 0 Å². The second-order valence-corrected chi connectivity index (χ2v) is 6.27. The Bertz CT molecular complexity index is 511. The van der Waals surface area contributed by atoms with Gasteiger partial charge in [0.05, 0.1) is 25.7 Å². The van der Waals surface area contributed by atoms with Gasteiger partial charge in [-0.15, -0.1) is 0 Å². The number of aromatic amines is 1. The van der Waals surface area contributed by atoms with Crippen molar-refractivity contribution in [3.8, 4) is 0 Å². The number of hydrogen-bond donors (Lipinski definition) is 1. The van der Waals surface area contributed by atoms with Crippen LogP contribution in [0.1, 0.15) is 56.8 Å². The van der Waals surface area contributed by atoms with E-state index in [0.717, 1.165) is 25.3 Å². The highest BCUT2D eigenvalue weighted by Gasteiger charge is 2.30. The second-order valence-electron chi connectivity index (χ2n) is 6.27. The molecule has 0 bridgehead atoms. The van der Waals surface area contributed by atoms with Crippen LogP contribution in [0.4, 0.5) is 0 Å². The fourth-order valence-electron chi connectivity index (χ4n) is 2.86. The third-order valence-electron chi connectivity index (χ3n) is 4.19. The number of carbonyl (C=O) groups excluding carboxylic acids is 1. The summed E-state index contributed by atoms with van der Waals surface area (Å²) in [6, 6.07) is 0. The summed E-state index contributed by atoms with van der Waals surface area (Å²) >= 11 is 0. The first-order chi connectivity index (χ1) is 10.6. The Morgan fingerprint density at radius 1 is 1.41 bits per heavy atom. The Kier molecular flexibility index (Phi) is 4.73. The number of H-pyrrole nitrogens is 1. The number of rotatable bonds is 4. The standard InChI is InChI=1S/C15H24N4O3/c1-10(2)14-16-15(18-17-14)12-9-19(5-7-22-12)13(20)8-11-4-3-6-21-11/h10-12H,3-9H2,1-2H3,(H,16,17,18)/t11-,12-/m1/s1. The smallest absolute Gasteiger partial charge is 0.225 e. The molecule has 0 spiro atoms. The minimum absolute atomic E-state index is 0.0895. The zero-order valence-corrected chi connectivity index (χ0v) is 13.2. The van der Waals surface area contributed by atoms with E-state index in [1.807, 2.05) is 18.7 Å². The molecule has 1 amide bonds. The number of nitrogens with zero attached hydrogens (tertiary/aromatic N) is 3. The molecule has 2 aliphatic heterocycles. The molecule has 3 heterocycles. The van der Waals surface area contributed by atoms with Crippen LogP contribution in [0.5, 0.6) is 0 Å². The van der Waals surface area contributed by atoms with Gasteiger partial charge in [-0.1, -0.05) is 13.8 Å². The molecular formula is C15H24N4O3. The van der Waals surface area contributed by atoms with Crippen molar-refractivity contribution < 1.29 is 14.3 Å². The van der Waals surface area contributed by atoms with Gasteiger partial charge in [0, 0.05) is 19.1 Å². The maximum atomic E-state index is 12.4. The lowest BCUT2D eigenvalue weighted by atomic mass is 10.1. The molecule has 0 unspecified atom stereocenters. The first-order valence-electron chi connectivity index (χ1n) is 8.06. The highest BCUT2D eigenvalue weighted by Crippen LogP contribution is 2.23. The Hall–Kier alpha value is -1.47. The molecular weight excluding hydrogens is 284 g/mol. The number of aromatic nitrogens is 3. The van der Waals surface area contributed by atoms with Crippen LogP contribution in [0.25, 0.3) is 0 Å². The van der Waals surface area contributed by atoms with Crippen molar-refractivity contribution in [2.75, 3.05) is 26.3 Å². The van der Waals surface area contributed by atoms with Crippen molar-refractivity contribution in [1.82, 2.24) is 20.1 Å². The molecule has 22 heavy (non-hydrogen) atoms. The molecule has 0 saturated carbocycles. The van der Waals surface area contributed by atoms with Gasteiger partial charge in [-0.05, 0) is 12.8 Å². The van der Waals surface area contributed by atoms with Gasteiger partial charge in [0.15, 0.2) is 11.6 Å². The third-order valence-corrected chi connectivity index (χ3v) is 4.19. The molecule has 0 aliphatic carbocycles. The Labute approximate surface area is 130 Å². The first-order valence-corrected chi connectivity index (χ1v) is 8.06. The maximum Gasteiger partial charge on any atom is 0.225 e. The van der Waals surface area contributed by atoms with Crippen LogP contribution in [0.3, 0.4) is 0 Å². The SMILES string of the molecule is CC(C)c1n[nH]c([C@H]2CN(C(=O)C[C@H]3CCCO3)CCO2)n1. The second kappa shape index (κ2) is 6.75. The van der Waals surface area contributed by atoms with Crippen molar-refractivity contribution >= 4 is 5.91 Å². The molecule has 1 aromatic rings. The van der Waals surface area contributed by atoms with Crippen molar-refractivity contribution in [3.05, 3.63) is 11.6 Å². The average molecular weight is 308 g/mol. The molecule has 2 fully saturated rings. The topological polar surface area (TPSA) is 80.3 Å². The van der Waals surface area contributed by atoms with E-state index in [1.54, 1.807) is 0 Å². The number of hydrogen-bond acceptors (Lipinski definition) is 5. The number of amides is 1. The lowest BCUT2D eigenvalue weighted by Gasteiger charge is -2.32. The van der Waals surface area contributed by atoms with Crippen molar-refractivity contribution in [1.29, 1.82) is 0 Å². The molecule has 1 aromatic heterocycles. The first kappa shape index (κ1) is 15.4. The normalized spacial score (nSPS) is 25.9. The van der Waals surface area contributed by atoms with E-state index in [2.05, 4.69) is 15.2 Å². The lowest BCUT2D eigenvalue weighted by Crippen LogP contribution is -2.43. The summed E-state index contributed by atoms with van der Waals surface area (Å²) in [5.41, 5.74) is 0. The zero-order chi connectivity index (χ0) is 15.5. The van der Waals surface area contributed by atoms with E-state index in [9.17, 15) is 4.79 Å². The summed E-state index contributed by atoms with van der Waals surface area (Å²) in [6.45, 7) is 6.56. The van der Waals surface area contributed by atoms with Crippen molar-refractivity contribution in [2.45, 2.75) is 51.2 Å². The third kappa shape index (κ3) is 3.47. The lowest BCUT2D eigenvalue weighted by molar-refractivity contribution is -0.141. The number of ether oxygens (including phenoxy) is 2. The van der Waals surface area contributed by atoms with E-state index < -0.39 is 0 Å². The number of morpholine rings is 1. The number of nitrogens with one attached hydrogen (secondary N) is 1. The Balaban J connectivity index is 1.59. The quantitative estimate of drug-likeness (QED) is 0.909. The van der Waals surface area contributed by atoms with E-state index in [-0.39, 0.29) is 24.0 Å². The Morgan fingerprint density at radius 3 is 2.95 bits per heavy atom. The van der Waals surface area contributed by atoms with Gasteiger partial charge < -0.3 is 14.4 Å². The summed E-state index contributed by atoms with van der Waals surface area (Å²) in [7, 11) is 0. The van der Waals surface area contributed by atoms with Crippen molar-refractivity contribution in [2.24, 2.45) is 0 Å². The van der Waals surface area contributed by atoms with Crippen LogP contribution in [0.15, 0.2) is 0 Å². The summed E-state index contributed by atoms with van der Waals surface area (Å²) in [6.07, 6.45) is 2.38. The highest BCUT2D eigenvalue weighted by molar-refractivity contribution is 5.76. The van der Waals surface area contributed by atoms with Crippen LogP contribution < -0.4 is 0 Å². The predicted octanol–water partition coefficient (Wildman–Crippen LogP) is 1.40. The van der Waals surface area contributed by atoms with Crippen LogP contribution in [-0.4, -0.2) is 58.4 Å². The van der Waals surface area contributed by atoms with Crippen LogP contribution in [0, 0.1) is 0 Å². The molecule has 0 radical (unpaired) electrons. The molecule has 1 N–H and O–H groups in total. The van der Waals surface area contributed by atoms with Gasteiger partial charge in [-0.25, -0.2) is 4.98 Å². The largest absolute Gasteiger partial charge is 0.378 e. The van der Waals surface area contributed by atoms with E-state index >= 15 is 0 Å². The molecule has 7 heteroatoms. The van der Waals surface area contributed by atoms with Gasteiger partial charge in [0.1, 0.15) is 6.10 Å². The molecule has 2 aliphatic rings. The zero-order valence-electron chi connectivity index (χ0n) is 13.2. The van der Waals surface area contributed by atoms with Crippen LogP contribution in [-0.2, 0) is 14.3 Å².